The Balaban J connectivity index is 1.85. The van der Waals surface area contributed by atoms with Gasteiger partial charge in [-0.1, -0.05) is 41.9 Å². The molecule has 0 spiro atoms. The van der Waals surface area contributed by atoms with Crippen LogP contribution in [0.25, 0.3) is 6.08 Å². The average molecular weight is 309 g/mol. The van der Waals surface area contributed by atoms with Crippen LogP contribution in [0.2, 0.25) is 0 Å². The summed E-state index contributed by atoms with van der Waals surface area (Å²) in [5.41, 5.74) is 2.17. The predicted octanol–water partition coefficient (Wildman–Crippen LogP) is 3.35. The zero-order valence-corrected chi connectivity index (χ0v) is 12.5. The molecule has 1 aromatic heterocycles. The van der Waals surface area contributed by atoms with E-state index in [1.54, 1.807) is 6.20 Å². The Labute approximate surface area is 133 Å². The van der Waals surface area contributed by atoms with Crippen LogP contribution in [0.1, 0.15) is 17.2 Å². The van der Waals surface area contributed by atoms with E-state index in [1.807, 2.05) is 64.8 Å². The predicted molar refractivity (Wildman–Crippen MR) is 85.8 cm³/mol. The summed E-state index contributed by atoms with van der Waals surface area (Å²) >= 11 is 6.69. The minimum Gasteiger partial charge on any atom is -0.281 e. The molecule has 2 aliphatic heterocycles. The lowest BCUT2D eigenvalue weighted by Crippen LogP contribution is -2.36. The quantitative estimate of drug-likeness (QED) is 0.758. The zero-order chi connectivity index (χ0) is 15.2. The van der Waals surface area contributed by atoms with E-state index in [4.69, 9.17) is 11.6 Å². The summed E-state index contributed by atoms with van der Waals surface area (Å²) in [5, 5.41) is 13.7. The molecule has 4 nitrogen and oxygen atoms in total. The van der Waals surface area contributed by atoms with Crippen LogP contribution in [-0.4, -0.2) is 21.4 Å². The standard InChI is InChI=1S/C17H13ClN4/c18-17(11-19)12-22(15-7-3-4-9-20-15)21-10-8-13-5-1-2-6-14(13)16(17)21/h1-10,16H,12H2/t16?,17-/m0/s1. The molecule has 3 heterocycles. The van der Waals surface area contributed by atoms with E-state index < -0.39 is 4.87 Å². The number of benzene rings is 1. The molecule has 22 heavy (non-hydrogen) atoms. The Morgan fingerprint density at radius 1 is 1.23 bits per heavy atom. The number of nitriles is 1. The van der Waals surface area contributed by atoms with Gasteiger partial charge in [-0.3, -0.25) is 10.0 Å². The summed E-state index contributed by atoms with van der Waals surface area (Å²) < 4.78 is 0. The van der Waals surface area contributed by atoms with Gasteiger partial charge in [0.25, 0.3) is 0 Å². The van der Waals surface area contributed by atoms with Crippen molar-refractivity contribution in [2.24, 2.45) is 0 Å². The lowest BCUT2D eigenvalue weighted by Gasteiger charge is -2.35. The number of halogens is 1. The van der Waals surface area contributed by atoms with Gasteiger partial charge in [0, 0.05) is 12.4 Å². The van der Waals surface area contributed by atoms with Crippen molar-refractivity contribution < 1.29 is 0 Å². The molecule has 4 rings (SSSR count). The first kappa shape index (κ1) is 13.2. The molecule has 1 unspecified atom stereocenters. The first-order valence-corrected chi connectivity index (χ1v) is 7.45. The highest BCUT2D eigenvalue weighted by Crippen LogP contribution is 2.48. The van der Waals surface area contributed by atoms with Gasteiger partial charge in [0.1, 0.15) is 11.9 Å². The van der Waals surface area contributed by atoms with E-state index in [0.717, 1.165) is 16.9 Å². The van der Waals surface area contributed by atoms with E-state index in [2.05, 4.69) is 11.1 Å². The average Bonchev–Trinajstić information content (AvgIpc) is 2.90. The molecule has 0 bridgehead atoms. The third kappa shape index (κ3) is 1.79. The van der Waals surface area contributed by atoms with Crippen LogP contribution >= 0.6 is 11.6 Å². The lowest BCUT2D eigenvalue weighted by molar-refractivity contribution is 0.316. The van der Waals surface area contributed by atoms with Gasteiger partial charge in [-0.15, -0.1) is 0 Å². The second-order valence-corrected chi connectivity index (χ2v) is 6.12. The van der Waals surface area contributed by atoms with Crippen LogP contribution in [0.15, 0.2) is 54.9 Å². The van der Waals surface area contributed by atoms with E-state index in [0.29, 0.717) is 6.54 Å². The van der Waals surface area contributed by atoms with Crippen LogP contribution in [0, 0.1) is 11.3 Å². The SMILES string of the molecule is N#C[C@]1(Cl)CN(c2ccccn2)N2C=Cc3ccccc3C21. The molecular formula is C17H13ClN4. The van der Waals surface area contributed by atoms with Gasteiger partial charge in [0.05, 0.1) is 12.6 Å². The Bertz CT molecular complexity index is 783. The molecule has 2 atom stereocenters. The summed E-state index contributed by atoms with van der Waals surface area (Å²) in [6.07, 6.45) is 5.76. The van der Waals surface area contributed by atoms with E-state index in [-0.39, 0.29) is 6.04 Å². The van der Waals surface area contributed by atoms with Crippen molar-refractivity contribution in [3.05, 3.63) is 66.0 Å². The fourth-order valence-electron chi connectivity index (χ4n) is 3.16. The minimum absolute atomic E-state index is 0.220. The largest absolute Gasteiger partial charge is 0.281 e. The van der Waals surface area contributed by atoms with Gasteiger partial charge in [-0.2, -0.15) is 5.26 Å². The van der Waals surface area contributed by atoms with Gasteiger partial charge in [-0.25, -0.2) is 4.98 Å². The maximum absolute atomic E-state index is 9.67. The lowest BCUT2D eigenvalue weighted by atomic mass is 9.89. The minimum atomic E-state index is -1.02. The Kier molecular flexibility index (Phi) is 2.85. The number of hydrazine groups is 1. The van der Waals surface area contributed by atoms with Crippen LogP contribution in [-0.2, 0) is 0 Å². The summed E-state index contributed by atoms with van der Waals surface area (Å²) in [7, 11) is 0. The van der Waals surface area contributed by atoms with Crippen molar-refractivity contribution in [2.45, 2.75) is 10.9 Å². The van der Waals surface area contributed by atoms with Crippen LogP contribution in [0.4, 0.5) is 5.82 Å². The molecule has 5 heteroatoms. The normalized spacial score (nSPS) is 25.5. The number of fused-ring (bicyclic) bond motifs is 3. The van der Waals surface area contributed by atoms with Crippen molar-refractivity contribution in [3.8, 4) is 6.07 Å². The zero-order valence-electron chi connectivity index (χ0n) is 11.7. The van der Waals surface area contributed by atoms with E-state index >= 15 is 0 Å². The first-order chi connectivity index (χ1) is 10.7. The molecule has 108 valence electrons. The monoisotopic (exact) mass is 308 g/mol. The van der Waals surface area contributed by atoms with Crippen molar-refractivity contribution in [2.75, 3.05) is 11.6 Å². The van der Waals surface area contributed by atoms with Gasteiger partial charge < -0.3 is 0 Å². The molecule has 2 aliphatic rings. The number of alkyl halides is 1. The molecule has 1 fully saturated rings. The number of rotatable bonds is 1. The molecule has 1 saturated heterocycles. The fraction of sp³-hybridized carbons (Fsp3) is 0.176. The highest BCUT2D eigenvalue weighted by Gasteiger charge is 2.53. The van der Waals surface area contributed by atoms with E-state index in [9.17, 15) is 5.26 Å². The Hall–Kier alpha value is -2.51. The molecule has 0 N–H and O–H groups in total. The second kappa shape index (κ2) is 4.75. The van der Waals surface area contributed by atoms with Crippen molar-refractivity contribution >= 4 is 23.5 Å². The maximum atomic E-state index is 9.67. The molecule has 0 amide bonds. The Morgan fingerprint density at radius 2 is 2.05 bits per heavy atom. The third-order valence-electron chi connectivity index (χ3n) is 4.15. The van der Waals surface area contributed by atoms with Gasteiger partial charge in [0.2, 0.25) is 0 Å². The number of aromatic nitrogens is 1. The second-order valence-electron chi connectivity index (χ2n) is 5.45. The summed E-state index contributed by atoms with van der Waals surface area (Å²) in [6, 6.07) is 15.9. The van der Waals surface area contributed by atoms with Crippen molar-refractivity contribution in [3.63, 3.8) is 0 Å². The van der Waals surface area contributed by atoms with Crippen LogP contribution in [0.5, 0.6) is 0 Å². The number of hydrogen-bond donors (Lipinski definition) is 0. The highest BCUT2D eigenvalue weighted by molar-refractivity contribution is 6.27. The van der Waals surface area contributed by atoms with Crippen molar-refractivity contribution in [1.29, 1.82) is 5.26 Å². The summed E-state index contributed by atoms with van der Waals surface area (Å²) in [5.74, 6) is 0.786. The fourth-order valence-corrected chi connectivity index (χ4v) is 3.49. The first-order valence-electron chi connectivity index (χ1n) is 7.07. The molecule has 2 aromatic rings. The number of nitrogens with zero attached hydrogens (tertiary/aromatic N) is 4. The molecule has 0 saturated carbocycles. The van der Waals surface area contributed by atoms with Crippen LogP contribution in [0.3, 0.4) is 0 Å². The van der Waals surface area contributed by atoms with E-state index in [1.165, 1.54) is 0 Å². The topological polar surface area (TPSA) is 43.2 Å². The molecule has 0 aliphatic carbocycles. The number of pyridine rings is 1. The summed E-state index contributed by atoms with van der Waals surface area (Å²) in [4.78, 5) is 3.37. The Morgan fingerprint density at radius 3 is 2.82 bits per heavy atom. The third-order valence-corrected chi connectivity index (χ3v) is 4.56. The number of anilines is 1. The number of hydrogen-bond acceptors (Lipinski definition) is 4. The molecular weight excluding hydrogens is 296 g/mol. The van der Waals surface area contributed by atoms with Gasteiger partial charge in [-0.05, 0) is 29.3 Å². The maximum Gasteiger partial charge on any atom is 0.176 e. The smallest absolute Gasteiger partial charge is 0.176 e. The van der Waals surface area contributed by atoms with Crippen LogP contribution < -0.4 is 5.01 Å². The molecule has 1 aromatic carbocycles. The molecule has 0 radical (unpaired) electrons. The van der Waals surface area contributed by atoms with Gasteiger partial charge >= 0.3 is 0 Å². The summed E-state index contributed by atoms with van der Waals surface area (Å²) in [6.45, 7) is 0.394. The van der Waals surface area contributed by atoms with Gasteiger partial charge in [0.15, 0.2) is 4.87 Å². The van der Waals surface area contributed by atoms with Crippen molar-refractivity contribution in [1.82, 2.24) is 9.99 Å². The highest BCUT2D eigenvalue weighted by atomic mass is 35.5.